The quantitative estimate of drug-likeness (QED) is 0.689. The van der Waals surface area contributed by atoms with Gasteiger partial charge in [0.05, 0.1) is 10.7 Å². The highest BCUT2D eigenvalue weighted by Crippen LogP contribution is 2.35. The molecule has 0 atom stereocenters. The van der Waals surface area contributed by atoms with Gasteiger partial charge in [-0.25, -0.2) is 4.98 Å². The van der Waals surface area contributed by atoms with Gasteiger partial charge in [-0.15, -0.1) is 11.3 Å². The molecule has 0 bridgehead atoms. The van der Waals surface area contributed by atoms with E-state index in [1.54, 1.807) is 0 Å². The first-order valence-corrected chi connectivity index (χ1v) is 11.3. The third-order valence-electron chi connectivity index (χ3n) is 6.07. The number of ketones is 1. The fourth-order valence-electron chi connectivity index (χ4n) is 4.32. The highest BCUT2D eigenvalue weighted by molar-refractivity contribution is 7.11. The van der Waals surface area contributed by atoms with Gasteiger partial charge in [-0.2, -0.15) is 0 Å². The number of hydrogen-bond acceptors (Lipinski definition) is 4. The fraction of sp³-hybridized carbons (Fsp3) is 0.522. The molecule has 5 heteroatoms. The van der Waals surface area contributed by atoms with E-state index in [4.69, 9.17) is 4.98 Å². The summed E-state index contributed by atoms with van der Waals surface area (Å²) in [4.78, 5) is 33.3. The number of Topliss-reactive ketones (excluding diaryl/α,β-unsaturated/α-hetero) is 1. The Bertz CT molecular complexity index is 842. The number of fused-ring (bicyclic) bond motifs is 1. The molecule has 1 amide bonds. The number of carbonyl (C=O) groups is 2. The van der Waals surface area contributed by atoms with Crippen LogP contribution in [0.1, 0.15) is 75.9 Å². The molecule has 1 aromatic carbocycles. The van der Waals surface area contributed by atoms with Gasteiger partial charge in [-0.05, 0) is 51.0 Å². The zero-order valence-corrected chi connectivity index (χ0v) is 17.4. The Hall–Kier alpha value is -2.01. The van der Waals surface area contributed by atoms with Gasteiger partial charge in [0.25, 0.3) is 0 Å². The first kappa shape index (κ1) is 19.3. The van der Waals surface area contributed by atoms with Crippen LogP contribution in [0.4, 0.5) is 0 Å². The van der Waals surface area contributed by atoms with Crippen molar-refractivity contribution in [3.05, 3.63) is 51.0 Å². The highest BCUT2D eigenvalue weighted by atomic mass is 32.1. The molecule has 2 heterocycles. The van der Waals surface area contributed by atoms with Crippen molar-refractivity contribution in [1.29, 1.82) is 0 Å². The van der Waals surface area contributed by atoms with Crippen molar-refractivity contribution in [2.24, 2.45) is 0 Å². The molecule has 2 aliphatic rings. The molecular weight excluding hydrogens is 368 g/mol. The van der Waals surface area contributed by atoms with Crippen LogP contribution < -0.4 is 0 Å². The minimum Gasteiger partial charge on any atom is -0.343 e. The van der Waals surface area contributed by atoms with Gasteiger partial charge in [0.2, 0.25) is 5.91 Å². The van der Waals surface area contributed by atoms with Crippen LogP contribution in [0.3, 0.4) is 0 Å². The summed E-state index contributed by atoms with van der Waals surface area (Å²) >= 11 is 1.91. The molecule has 1 aromatic heterocycles. The summed E-state index contributed by atoms with van der Waals surface area (Å²) in [6, 6.07) is 7.60. The molecule has 0 saturated carbocycles. The van der Waals surface area contributed by atoms with Crippen molar-refractivity contribution in [2.45, 2.75) is 64.2 Å². The highest BCUT2D eigenvalue weighted by Gasteiger charge is 2.27. The summed E-state index contributed by atoms with van der Waals surface area (Å²) in [6.07, 6.45) is 7.48. The predicted molar refractivity (Wildman–Crippen MR) is 112 cm³/mol. The molecule has 0 spiro atoms. The summed E-state index contributed by atoms with van der Waals surface area (Å²) in [7, 11) is 0. The predicted octanol–water partition coefficient (Wildman–Crippen LogP) is 4.70. The number of amides is 1. The molecule has 2 aromatic rings. The molecule has 148 valence electrons. The summed E-state index contributed by atoms with van der Waals surface area (Å²) in [5.74, 6) is 0.668. The van der Waals surface area contributed by atoms with Crippen molar-refractivity contribution in [2.75, 3.05) is 13.1 Å². The number of aryl methyl sites for hydroxylation is 3. The van der Waals surface area contributed by atoms with Gasteiger partial charge >= 0.3 is 0 Å². The van der Waals surface area contributed by atoms with E-state index in [9.17, 15) is 9.59 Å². The third-order valence-corrected chi connectivity index (χ3v) is 7.39. The van der Waals surface area contributed by atoms with Crippen LogP contribution in [0.5, 0.6) is 0 Å². The van der Waals surface area contributed by atoms with Crippen molar-refractivity contribution in [1.82, 2.24) is 9.88 Å². The Labute approximate surface area is 171 Å². The average Bonchev–Trinajstić information content (AvgIpc) is 3.16. The van der Waals surface area contributed by atoms with Gasteiger partial charge in [-0.1, -0.05) is 24.3 Å². The second-order valence-electron chi connectivity index (χ2n) is 8.02. The number of benzene rings is 1. The van der Waals surface area contributed by atoms with Crippen LogP contribution in [0.15, 0.2) is 24.3 Å². The fourth-order valence-corrected chi connectivity index (χ4v) is 5.64. The van der Waals surface area contributed by atoms with E-state index in [1.165, 1.54) is 34.8 Å². The zero-order chi connectivity index (χ0) is 19.5. The van der Waals surface area contributed by atoms with Crippen LogP contribution in [0.25, 0.3) is 0 Å². The first-order valence-electron chi connectivity index (χ1n) is 10.5. The Morgan fingerprint density at radius 2 is 1.86 bits per heavy atom. The van der Waals surface area contributed by atoms with E-state index in [1.807, 2.05) is 47.4 Å². The Morgan fingerprint density at radius 1 is 1.11 bits per heavy atom. The smallest absolute Gasteiger partial charge is 0.223 e. The molecule has 4 nitrogen and oxygen atoms in total. The summed E-state index contributed by atoms with van der Waals surface area (Å²) in [6.45, 7) is 3.51. The Morgan fingerprint density at radius 3 is 2.61 bits per heavy atom. The van der Waals surface area contributed by atoms with Gasteiger partial charge < -0.3 is 4.90 Å². The molecule has 1 aliphatic carbocycles. The number of aromatic nitrogens is 1. The van der Waals surface area contributed by atoms with Crippen molar-refractivity contribution in [3.63, 3.8) is 0 Å². The number of rotatable bonds is 5. The zero-order valence-electron chi connectivity index (χ0n) is 16.6. The summed E-state index contributed by atoms with van der Waals surface area (Å²) in [5.41, 5.74) is 3.05. The van der Waals surface area contributed by atoms with Crippen LogP contribution in [-0.4, -0.2) is 34.7 Å². The maximum atomic E-state index is 12.6. The average molecular weight is 397 g/mol. The number of thiazole rings is 1. The maximum absolute atomic E-state index is 12.6. The number of piperidine rings is 1. The molecule has 4 rings (SSSR count). The van der Waals surface area contributed by atoms with Gasteiger partial charge in [0.1, 0.15) is 0 Å². The lowest BCUT2D eigenvalue weighted by Gasteiger charge is -2.31. The second-order valence-corrected chi connectivity index (χ2v) is 9.14. The van der Waals surface area contributed by atoms with E-state index in [0.717, 1.165) is 43.5 Å². The minimum absolute atomic E-state index is 0.0645. The third kappa shape index (κ3) is 4.19. The van der Waals surface area contributed by atoms with Crippen LogP contribution in [0.2, 0.25) is 0 Å². The van der Waals surface area contributed by atoms with E-state index in [0.29, 0.717) is 18.8 Å². The molecule has 0 unspecified atom stereocenters. The standard InChI is InChI=1S/C23H28N2O2S/c1-16-6-2-3-7-18(16)20(26)10-11-22(27)25-14-12-17(13-15-25)23-24-19-8-4-5-9-21(19)28-23/h2-3,6-7,17H,4-5,8-15H2,1H3. The van der Waals surface area contributed by atoms with Crippen molar-refractivity contribution in [3.8, 4) is 0 Å². The topological polar surface area (TPSA) is 50.3 Å². The van der Waals surface area contributed by atoms with Crippen LogP contribution >= 0.6 is 11.3 Å². The lowest BCUT2D eigenvalue weighted by Crippen LogP contribution is -2.38. The van der Waals surface area contributed by atoms with E-state index in [2.05, 4.69) is 0 Å². The number of carbonyl (C=O) groups excluding carboxylic acids is 2. The van der Waals surface area contributed by atoms with Gasteiger partial charge in [0.15, 0.2) is 5.78 Å². The van der Waals surface area contributed by atoms with Crippen LogP contribution in [-0.2, 0) is 17.6 Å². The second kappa shape index (κ2) is 8.56. The van der Waals surface area contributed by atoms with E-state index >= 15 is 0 Å². The number of likely N-dealkylation sites (tertiary alicyclic amines) is 1. The van der Waals surface area contributed by atoms with E-state index in [-0.39, 0.29) is 11.7 Å². The summed E-state index contributed by atoms with van der Waals surface area (Å²) in [5, 5.41) is 1.29. The number of hydrogen-bond donors (Lipinski definition) is 0. The SMILES string of the molecule is Cc1ccccc1C(=O)CCC(=O)N1CCC(c2nc3c(s2)CCCC3)CC1. The van der Waals surface area contributed by atoms with Gasteiger partial charge in [-0.3, -0.25) is 9.59 Å². The monoisotopic (exact) mass is 396 g/mol. The minimum atomic E-state index is 0.0645. The van der Waals surface area contributed by atoms with Crippen molar-refractivity contribution >= 4 is 23.0 Å². The first-order chi connectivity index (χ1) is 13.6. The molecule has 0 radical (unpaired) electrons. The molecule has 1 saturated heterocycles. The van der Waals surface area contributed by atoms with E-state index < -0.39 is 0 Å². The normalized spacial score (nSPS) is 17.4. The maximum Gasteiger partial charge on any atom is 0.223 e. The largest absolute Gasteiger partial charge is 0.343 e. The Kier molecular flexibility index (Phi) is 5.90. The molecular formula is C23H28N2O2S. The van der Waals surface area contributed by atoms with Crippen molar-refractivity contribution < 1.29 is 9.59 Å². The van der Waals surface area contributed by atoms with Gasteiger partial charge in [0, 0.05) is 42.3 Å². The molecule has 0 N–H and O–H groups in total. The molecule has 1 aliphatic heterocycles. The Balaban J connectivity index is 1.27. The van der Waals surface area contributed by atoms with Crippen LogP contribution in [0, 0.1) is 6.92 Å². The molecule has 28 heavy (non-hydrogen) atoms. The lowest BCUT2D eigenvalue weighted by atomic mass is 9.96. The summed E-state index contributed by atoms with van der Waals surface area (Å²) < 4.78 is 0. The molecule has 1 fully saturated rings. The lowest BCUT2D eigenvalue weighted by molar-refractivity contribution is -0.132. The number of nitrogens with zero attached hydrogens (tertiary/aromatic N) is 2.